The second-order valence-corrected chi connectivity index (χ2v) is 2.93. The lowest BCUT2D eigenvalue weighted by molar-refractivity contribution is 0.899. The molecule has 0 amide bonds. The molecule has 2 N–H and O–H groups in total. The molecule has 0 spiro atoms. The van der Waals surface area contributed by atoms with Crippen LogP contribution >= 0.6 is 0 Å². The van der Waals surface area contributed by atoms with Crippen molar-refractivity contribution in [3.63, 3.8) is 0 Å². The van der Waals surface area contributed by atoms with Crippen molar-refractivity contribution in [2.24, 2.45) is 0 Å². The third-order valence-electron chi connectivity index (χ3n) is 2.12. The number of nitrogens with one attached hydrogen (secondary N) is 2. The van der Waals surface area contributed by atoms with E-state index in [1.54, 1.807) is 6.19 Å². The van der Waals surface area contributed by atoms with Crippen molar-refractivity contribution in [3.05, 3.63) is 21.6 Å². The summed E-state index contributed by atoms with van der Waals surface area (Å²) in [5.41, 5.74) is 1.46. The Morgan fingerprint density at radius 1 is 1.54 bits per heavy atom. The van der Waals surface area contributed by atoms with E-state index in [2.05, 4.69) is 15.3 Å². The van der Waals surface area contributed by atoms with Crippen molar-refractivity contribution in [2.45, 2.75) is 19.3 Å². The second kappa shape index (κ2) is 2.90. The molecule has 0 radical (unpaired) electrons. The van der Waals surface area contributed by atoms with E-state index in [1.807, 2.05) is 0 Å². The van der Waals surface area contributed by atoms with Crippen LogP contribution in [0.15, 0.2) is 4.79 Å². The minimum Gasteiger partial charge on any atom is -0.292 e. The predicted molar refractivity (Wildman–Crippen MR) is 46.1 cm³/mol. The molecule has 0 saturated heterocycles. The topological polar surface area (TPSA) is 81.6 Å². The Morgan fingerprint density at radius 2 is 2.38 bits per heavy atom. The Morgan fingerprint density at radius 3 is 3.15 bits per heavy atom. The summed E-state index contributed by atoms with van der Waals surface area (Å²) in [7, 11) is 0. The monoisotopic (exact) mass is 176 g/mol. The highest BCUT2D eigenvalue weighted by molar-refractivity contribution is 5.34. The number of hydrogen-bond acceptors (Lipinski definition) is 4. The molecule has 0 unspecified atom stereocenters. The van der Waals surface area contributed by atoms with Crippen LogP contribution in [0.5, 0.6) is 0 Å². The molecule has 66 valence electrons. The molecule has 1 aliphatic rings. The first-order chi connectivity index (χ1) is 6.31. The van der Waals surface area contributed by atoms with Crippen LogP contribution < -0.4 is 10.9 Å². The molecule has 0 bridgehead atoms. The molecule has 0 aromatic carbocycles. The molecular formula is C8H8N4O. The third kappa shape index (κ3) is 1.26. The SMILES string of the molecule is N#CNc1nc2c(c(=O)[nH]1)CCC2. The van der Waals surface area contributed by atoms with Crippen molar-refractivity contribution >= 4 is 5.95 Å². The van der Waals surface area contributed by atoms with Crippen LogP contribution in [-0.2, 0) is 12.8 Å². The van der Waals surface area contributed by atoms with Crippen molar-refractivity contribution in [1.29, 1.82) is 5.26 Å². The fourth-order valence-corrected chi connectivity index (χ4v) is 1.55. The van der Waals surface area contributed by atoms with Gasteiger partial charge in [-0.3, -0.25) is 15.1 Å². The van der Waals surface area contributed by atoms with E-state index in [1.165, 1.54) is 0 Å². The van der Waals surface area contributed by atoms with Crippen molar-refractivity contribution < 1.29 is 0 Å². The van der Waals surface area contributed by atoms with E-state index < -0.39 is 0 Å². The molecule has 13 heavy (non-hydrogen) atoms. The number of aromatic amines is 1. The van der Waals surface area contributed by atoms with E-state index >= 15 is 0 Å². The highest BCUT2D eigenvalue weighted by Gasteiger charge is 2.16. The van der Waals surface area contributed by atoms with E-state index in [4.69, 9.17) is 5.26 Å². The number of nitriles is 1. The molecule has 5 nitrogen and oxygen atoms in total. The van der Waals surface area contributed by atoms with E-state index in [9.17, 15) is 4.79 Å². The average molecular weight is 176 g/mol. The first kappa shape index (κ1) is 7.80. The van der Waals surface area contributed by atoms with Crippen LogP contribution in [0.25, 0.3) is 0 Å². The van der Waals surface area contributed by atoms with Crippen LogP contribution in [0.2, 0.25) is 0 Å². The van der Waals surface area contributed by atoms with Gasteiger partial charge < -0.3 is 0 Å². The minimum atomic E-state index is -0.125. The molecule has 1 heterocycles. The van der Waals surface area contributed by atoms with Crippen LogP contribution in [0.4, 0.5) is 5.95 Å². The summed E-state index contributed by atoms with van der Waals surface area (Å²) in [5.74, 6) is 0.244. The van der Waals surface area contributed by atoms with Gasteiger partial charge in [-0.25, -0.2) is 4.98 Å². The summed E-state index contributed by atoms with van der Waals surface area (Å²) in [6, 6.07) is 0. The lowest BCUT2D eigenvalue weighted by Crippen LogP contribution is -2.16. The maximum absolute atomic E-state index is 11.4. The van der Waals surface area contributed by atoms with Crippen LogP contribution in [0.3, 0.4) is 0 Å². The zero-order valence-electron chi connectivity index (χ0n) is 6.92. The van der Waals surface area contributed by atoms with Crippen LogP contribution in [0, 0.1) is 11.5 Å². The summed E-state index contributed by atoms with van der Waals surface area (Å²) in [5, 5.41) is 10.7. The van der Waals surface area contributed by atoms with Gasteiger partial charge in [-0.05, 0) is 19.3 Å². The molecule has 1 aromatic rings. The summed E-state index contributed by atoms with van der Waals surface area (Å²) < 4.78 is 0. The fourth-order valence-electron chi connectivity index (χ4n) is 1.55. The van der Waals surface area contributed by atoms with Gasteiger partial charge in [0.2, 0.25) is 5.95 Å². The van der Waals surface area contributed by atoms with Crippen LogP contribution in [-0.4, -0.2) is 9.97 Å². The van der Waals surface area contributed by atoms with Gasteiger partial charge >= 0.3 is 0 Å². The fraction of sp³-hybridized carbons (Fsp3) is 0.375. The Balaban J connectivity index is 2.51. The van der Waals surface area contributed by atoms with Gasteiger partial charge in [0.15, 0.2) is 6.19 Å². The molecule has 2 rings (SSSR count). The molecule has 1 aromatic heterocycles. The first-order valence-corrected chi connectivity index (χ1v) is 4.08. The van der Waals surface area contributed by atoms with Gasteiger partial charge in [0, 0.05) is 5.56 Å². The predicted octanol–water partition coefficient (Wildman–Crippen LogP) is 0.152. The van der Waals surface area contributed by atoms with E-state index in [0.717, 1.165) is 30.5 Å². The number of aryl methyl sites for hydroxylation is 1. The molecule has 0 atom stereocenters. The number of rotatable bonds is 1. The van der Waals surface area contributed by atoms with Gasteiger partial charge in [0.25, 0.3) is 5.56 Å². The number of hydrogen-bond donors (Lipinski definition) is 2. The van der Waals surface area contributed by atoms with E-state index in [0.29, 0.717) is 0 Å². The second-order valence-electron chi connectivity index (χ2n) is 2.93. The number of nitrogens with zero attached hydrogens (tertiary/aromatic N) is 2. The van der Waals surface area contributed by atoms with Gasteiger partial charge in [-0.1, -0.05) is 0 Å². The smallest absolute Gasteiger partial charge is 0.255 e. The third-order valence-corrected chi connectivity index (χ3v) is 2.12. The normalized spacial score (nSPS) is 13.5. The summed E-state index contributed by atoms with van der Waals surface area (Å²) in [6.45, 7) is 0. The van der Waals surface area contributed by atoms with Crippen molar-refractivity contribution in [2.75, 3.05) is 5.32 Å². The van der Waals surface area contributed by atoms with Gasteiger partial charge in [-0.2, -0.15) is 5.26 Å². The minimum absolute atomic E-state index is 0.125. The van der Waals surface area contributed by atoms with Gasteiger partial charge in [0.1, 0.15) is 0 Å². The molecule has 0 fully saturated rings. The van der Waals surface area contributed by atoms with Crippen molar-refractivity contribution in [1.82, 2.24) is 9.97 Å². The Kier molecular flexibility index (Phi) is 1.74. The Bertz CT molecular complexity index is 429. The maximum Gasteiger partial charge on any atom is 0.255 e. The van der Waals surface area contributed by atoms with Crippen LogP contribution in [0.1, 0.15) is 17.7 Å². The average Bonchev–Trinajstić information content (AvgIpc) is 2.53. The summed E-state index contributed by atoms with van der Waals surface area (Å²) >= 11 is 0. The maximum atomic E-state index is 11.4. The zero-order valence-corrected chi connectivity index (χ0v) is 6.92. The highest BCUT2D eigenvalue weighted by atomic mass is 16.1. The summed E-state index contributed by atoms with van der Waals surface area (Å²) in [6.07, 6.45) is 4.32. The van der Waals surface area contributed by atoms with Crippen molar-refractivity contribution in [3.8, 4) is 6.19 Å². The largest absolute Gasteiger partial charge is 0.292 e. The number of aromatic nitrogens is 2. The van der Waals surface area contributed by atoms with E-state index in [-0.39, 0.29) is 11.5 Å². The Hall–Kier alpha value is -1.83. The van der Waals surface area contributed by atoms with Gasteiger partial charge in [-0.15, -0.1) is 0 Å². The zero-order chi connectivity index (χ0) is 9.26. The quantitative estimate of drug-likeness (QED) is 0.471. The summed E-state index contributed by atoms with van der Waals surface area (Å²) in [4.78, 5) is 18.0. The highest BCUT2D eigenvalue weighted by Crippen LogP contribution is 2.16. The Labute approximate surface area is 74.4 Å². The molecular weight excluding hydrogens is 168 g/mol. The lowest BCUT2D eigenvalue weighted by atomic mass is 10.3. The first-order valence-electron chi connectivity index (χ1n) is 4.08. The lowest BCUT2D eigenvalue weighted by Gasteiger charge is -1.99. The number of H-pyrrole nitrogens is 1. The number of fused-ring (bicyclic) bond motifs is 1. The molecule has 1 aliphatic carbocycles. The molecule has 5 heteroatoms. The molecule has 0 saturated carbocycles. The standard InChI is InChI=1S/C8H8N4O/c9-4-10-8-11-6-3-1-2-5(6)7(13)12-8/h1-3H2,(H2,10,11,12,13). The van der Waals surface area contributed by atoms with Gasteiger partial charge in [0.05, 0.1) is 5.69 Å². The number of anilines is 1. The molecule has 0 aliphatic heterocycles.